The zero-order chi connectivity index (χ0) is 20.0. The van der Waals surface area contributed by atoms with Crippen LogP contribution in [0.3, 0.4) is 0 Å². The molecular weight excluding hydrogens is 365 g/mol. The lowest BCUT2D eigenvalue weighted by Gasteiger charge is -2.35. The number of hydrogen-bond acceptors (Lipinski definition) is 2. The van der Waals surface area contributed by atoms with Crippen molar-refractivity contribution in [2.75, 3.05) is 6.54 Å². The maximum absolute atomic E-state index is 13.8. The van der Waals surface area contributed by atoms with E-state index in [4.69, 9.17) is 4.98 Å². The Morgan fingerprint density at radius 1 is 1.10 bits per heavy atom. The normalized spacial score (nSPS) is 16.1. The quantitative estimate of drug-likeness (QED) is 0.539. The Hall–Kier alpha value is -3.47. The lowest BCUT2D eigenvalue weighted by atomic mass is 9.94. The van der Waals surface area contributed by atoms with Gasteiger partial charge < -0.3 is 9.88 Å². The van der Waals surface area contributed by atoms with Gasteiger partial charge >= 0.3 is 0 Å². The number of amides is 1. The van der Waals surface area contributed by atoms with E-state index < -0.39 is 5.82 Å². The van der Waals surface area contributed by atoms with E-state index in [0.29, 0.717) is 12.1 Å². The molecule has 1 N–H and O–H groups in total. The molecule has 2 aromatic carbocycles. The topological polar surface area (TPSA) is 49.0 Å². The standard InChI is InChI=1S/C24H20FN3O/c1-15-6-4-11-21(26-15)23-22-19(18-9-2-3-10-20(18)27-22)12-13-28(23)24(29)16-7-5-8-17(25)14-16/h2-11,14,23,27H,12-13H2,1H3/t23-/m1/s1. The van der Waals surface area contributed by atoms with E-state index in [1.807, 2.05) is 43.3 Å². The minimum atomic E-state index is -0.413. The molecule has 0 bridgehead atoms. The Morgan fingerprint density at radius 3 is 2.76 bits per heavy atom. The number of carbonyl (C=O) groups is 1. The third-order valence-electron chi connectivity index (χ3n) is 5.56. The lowest BCUT2D eigenvalue weighted by Crippen LogP contribution is -2.41. The van der Waals surface area contributed by atoms with Gasteiger partial charge in [0.05, 0.1) is 5.69 Å². The van der Waals surface area contributed by atoms with E-state index in [0.717, 1.165) is 29.0 Å². The number of aromatic amines is 1. The minimum Gasteiger partial charge on any atom is -0.356 e. The van der Waals surface area contributed by atoms with Gasteiger partial charge in [0.15, 0.2) is 0 Å². The van der Waals surface area contributed by atoms with Crippen LogP contribution in [0.15, 0.2) is 66.7 Å². The average Bonchev–Trinajstić information content (AvgIpc) is 3.11. The number of aromatic nitrogens is 2. The molecule has 0 saturated heterocycles. The highest BCUT2D eigenvalue weighted by atomic mass is 19.1. The predicted molar refractivity (Wildman–Crippen MR) is 110 cm³/mol. The van der Waals surface area contributed by atoms with Crippen molar-refractivity contribution < 1.29 is 9.18 Å². The van der Waals surface area contributed by atoms with Crippen molar-refractivity contribution in [3.05, 3.63) is 101 Å². The molecule has 1 atom stereocenters. The number of nitrogens with zero attached hydrogens (tertiary/aromatic N) is 2. The number of hydrogen-bond donors (Lipinski definition) is 1. The van der Waals surface area contributed by atoms with Crippen LogP contribution in [0.5, 0.6) is 0 Å². The van der Waals surface area contributed by atoms with E-state index >= 15 is 0 Å². The predicted octanol–water partition coefficient (Wildman–Crippen LogP) is 4.80. The van der Waals surface area contributed by atoms with E-state index in [2.05, 4.69) is 11.1 Å². The number of para-hydroxylation sites is 1. The molecule has 0 aliphatic carbocycles. The summed E-state index contributed by atoms with van der Waals surface area (Å²) in [5.74, 6) is -0.605. The Kier molecular flexibility index (Phi) is 4.16. The van der Waals surface area contributed by atoms with Crippen molar-refractivity contribution in [2.45, 2.75) is 19.4 Å². The molecule has 1 aliphatic heterocycles. The number of benzene rings is 2. The summed E-state index contributed by atoms with van der Waals surface area (Å²) in [5, 5.41) is 1.18. The van der Waals surface area contributed by atoms with E-state index in [1.165, 1.54) is 23.1 Å². The average molecular weight is 385 g/mol. The van der Waals surface area contributed by atoms with Gasteiger partial charge in [-0.15, -0.1) is 0 Å². The third-order valence-corrected chi connectivity index (χ3v) is 5.56. The number of aryl methyl sites for hydroxylation is 1. The molecule has 144 valence electrons. The van der Waals surface area contributed by atoms with Crippen LogP contribution in [0.25, 0.3) is 10.9 Å². The number of halogens is 1. The summed E-state index contributed by atoms with van der Waals surface area (Å²) < 4.78 is 13.8. The monoisotopic (exact) mass is 385 g/mol. The number of carbonyl (C=O) groups excluding carboxylic acids is 1. The molecule has 1 amide bonds. The number of H-pyrrole nitrogens is 1. The molecule has 0 unspecified atom stereocenters. The molecule has 0 radical (unpaired) electrons. The van der Waals surface area contributed by atoms with Gasteiger partial charge in [0, 0.05) is 34.4 Å². The summed E-state index contributed by atoms with van der Waals surface area (Å²) in [5.41, 5.74) is 5.31. The molecule has 5 rings (SSSR count). The Morgan fingerprint density at radius 2 is 1.93 bits per heavy atom. The van der Waals surface area contributed by atoms with Crippen LogP contribution in [0.4, 0.5) is 4.39 Å². The second-order valence-corrected chi connectivity index (χ2v) is 7.43. The van der Waals surface area contributed by atoms with Crippen LogP contribution < -0.4 is 0 Å². The van der Waals surface area contributed by atoms with Gasteiger partial charge in [-0.25, -0.2) is 4.39 Å². The largest absolute Gasteiger partial charge is 0.356 e. The lowest BCUT2D eigenvalue weighted by molar-refractivity contribution is 0.0688. The Bertz CT molecular complexity index is 1230. The van der Waals surface area contributed by atoms with Gasteiger partial charge in [0.25, 0.3) is 5.91 Å². The fourth-order valence-electron chi connectivity index (χ4n) is 4.27. The van der Waals surface area contributed by atoms with Gasteiger partial charge in [0.2, 0.25) is 0 Å². The highest BCUT2D eigenvalue weighted by Crippen LogP contribution is 2.38. The first-order valence-corrected chi connectivity index (χ1v) is 9.71. The molecule has 29 heavy (non-hydrogen) atoms. The van der Waals surface area contributed by atoms with Gasteiger partial charge in [-0.2, -0.15) is 0 Å². The molecule has 0 spiro atoms. The summed E-state index contributed by atoms with van der Waals surface area (Å²) >= 11 is 0. The molecule has 0 fully saturated rings. The molecule has 4 nitrogen and oxygen atoms in total. The second kappa shape index (κ2) is 6.85. The molecule has 2 aromatic heterocycles. The van der Waals surface area contributed by atoms with Crippen LogP contribution >= 0.6 is 0 Å². The fraction of sp³-hybridized carbons (Fsp3) is 0.167. The Labute approximate surface area is 168 Å². The summed E-state index contributed by atoms with van der Waals surface area (Å²) in [7, 11) is 0. The fourth-order valence-corrected chi connectivity index (χ4v) is 4.27. The van der Waals surface area contributed by atoms with Gasteiger partial charge in [0.1, 0.15) is 11.9 Å². The molecule has 3 heterocycles. The molecule has 4 aromatic rings. The Balaban J connectivity index is 1.68. The SMILES string of the molecule is Cc1cccc([C@@H]2c3[nH]c4ccccc4c3CCN2C(=O)c2cccc(F)c2)n1. The van der Waals surface area contributed by atoms with Crippen molar-refractivity contribution in [3.63, 3.8) is 0 Å². The number of nitrogens with one attached hydrogen (secondary N) is 1. The van der Waals surface area contributed by atoms with Gasteiger partial charge in [-0.05, 0) is 55.3 Å². The third kappa shape index (κ3) is 2.99. The van der Waals surface area contributed by atoms with Crippen LogP contribution in [0.1, 0.15) is 39.0 Å². The van der Waals surface area contributed by atoms with E-state index in [1.54, 1.807) is 17.0 Å². The van der Waals surface area contributed by atoms with Crippen molar-refractivity contribution in [1.29, 1.82) is 0 Å². The smallest absolute Gasteiger partial charge is 0.254 e. The maximum atomic E-state index is 13.8. The summed E-state index contributed by atoms with van der Waals surface area (Å²) in [4.78, 5) is 23.4. The zero-order valence-corrected chi connectivity index (χ0v) is 16.0. The van der Waals surface area contributed by atoms with Crippen molar-refractivity contribution in [3.8, 4) is 0 Å². The molecular formula is C24H20FN3O. The number of pyridine rings is 1. The van der Waals surface area contributed by atoms with Crippen LogP contribution in [-0.4, -0.2) is 27.3 Å². The van der Waals surface area contributed by atoms with Crippen LogP contribution in [-0.2, 0) is 6.42 Å². The minimum absolute atomic E-state index is 0.192. The molecule has 5 heteroatoms. The van der Waals surface area contributed by atoms with E-state index in [9.17, 15) is 9.18 Å². The summed E-state index contributed by atoms with van der Waals surface area (Å²) in [6, 6.07) is 19.6. The van der Waals surface area contributed by atoms with Gasteiger partial charge in [-0.1, -0.05) is 30.3 Å². The van der Waals surface area contributed by atoms with Gasteiger partial charge in [-0.3, -0.25) is 9.78 Å². The molecule has 1 aliphatic rings. The first kappa shape index (κ1) is 17.6. The highest BCUT2D eigenvalue weighted by Gasteiger charge is 2.35. The zero-order valence-electron chi connectivity index (χ0n) is 16.0. The summed E-state index contributed by atoms with van der Waals surface area (Å²) in [6.45, 7) is 2.49. The van der Waals surface area contributed by atoms with E-state index in [-0.39, 0.29) is 11.9 Å². The number of fused-ring (bicyclic) bond motifs is 3. The van der Waals surface area contributed by atoms with Crippen LogP contribution in [0.2, 0.25) is 0 Å². The highest BCUT2D eigenvalue weighted by molar-refractivity contribution is 5.95. The van der Waals surface area contributed by atoms with Crippen LogP contribution in [0, 0.1) is 12.7 Å². The van der Waals surface area contributed by atoms with Crippen molar-refractivity contribution >= 4 is 16.8 Å². The first-order chi connectivity index (χ1) is 14.1. The second-order valence-electron chi connectivity index (χ2n) is 7.43. The maximum Gasteiger partial charge on any atom is 0.254 e. The number of rotatable bonds is 2. The van der Waals surface area contributed by atoms with Crippen molar-refractivity contribution in [2.24, 2.45) is 0 Å². The van der Waals surface area contributed by atoms with Crippen molar-refractivity contribution in [1.82, 2.24) is 14.9 Å². The molecule has 0 saturated carbocycles. The first-order valence-electron chi connectivity index (χ1n) is 9.71. The summed E-state index contributed by atoms with van der Waals surface area (Å²) in [6.07, 6.45) is 0.739.